The quantitative estimate of drug-likeness (QED) is 0.646. The highest BCUT2D eigenvalue weighted by atomic mass is 16.5. The van der Waals surface area contributed by atoms with Crippen LogP contribution in [0.2, 0.25) is 0 Å². The Hall–Kier alpha value is -0.610. The van der Waals surface area contributed by atoms with Gasteiger partial charge in [0.2, 0.25) is 0 Å². The molecular formula is C9H19NO3. The molecule has 0 saturated heterocycles. The number of ether oxygens (including phenoxy) is 1. The van der Waals surface area contributed by atoms with Gasteiger partial charge >= 0.3 is 5.97 Å². The lowest BCUT2D eigenvalue weighted by Crippen LogP contribution is -2.33. The first kappa shape index (κ1) is 12.4. The van der Waals surface area contributed by atoms with E-state index in [2.05, 4.69) is 5.32 Å². The van der Waals surface area contributed by atoms with Crippen molar-refractivity contribution in [3.63, 3.8) is 0 Å². The molecule has 13 heavy (non-hydrogen) atoms. The van der Waals surface area contributed by atoms with Gasteiger partial charge < -0.3 is 15.2 Å². The van der Waals surface area contributed by atoms with Crippen molar-refractivity contribution in [3.8, 4) is 0 Å². The van der Waals surface area contributed by atoms with Crippen molar-refractivity contribution in [1.82, 2.24) is 5.32 Å². The van der Waals surface area contributed by atoms with E-state index in [0.717, 1.165) is 6.54 Å². The third kappa shape index (κ3) is 4.85. The fourth-order valence-corrected chi connectivity index (χ4v) is 0.759. The van der Waals surface area contributed by atoms with Gasteiger partial charge in [0.25, 0.3) is 0 Å². The minimum Gasteiger partial charge on any atom is -0.481 e. The smallest absolute Gasteiger partial charge is 0.311 e. The van der Waals surface area contributed by atoms with Gasteiger partial charge in [-0.25, -0.2) is 0 Å². The third-order valence-electron chi connectivity index (χ3n) is 1.80. The molecule has 0 aliphatic carbocycles. The van der Waals surface area contributed by atoms with Crippen LogP contribution >= 0.6 is 0 Å². The minimum absolute atomic E-state index is 0.0450. The summed E-state index contributed by atoms with van der Waals surface area (Å²) in [6.45, 7) is 6.19. The molecular weight excluding hydrogens is 170 g/mol. The van der Waals surface area contributed by atoms with E-state index in [-0.39, 0.29) is 12.7 Å². The predicted molar refractivity (Wildman–Crippen MR) is 50.8 cm³/mol. The number of carboxylic acid groups (broad SMARTS) is 1. The maximum Gasteiger partial charge on any atom is 0.311 e. The summed E-state index contributed by atoms with van der Waals surface area (Å²) < 4.78 is 5.37. The highest BCUT2D eigenvalue weighted by Gasteiger charge is 2.27. The minimum atomic E-state index is -0.829. The van der Waals surface area contributed by atoms with E-state index < -0.39 is 11.4 Å². The van der Waals surface area contributed by atoms with Gasteiger partial charge in [0.15, 0.2) is 0 Å². The maximum absolute atomic E-state index is 10.7. The topological polar surface area (TPSA) is 58.6 Å². The highest BCUT2D eigenvalue weighted by Crippen LogP contribution is 2.16. The Bertz CT molecular complexity index is 168. The van der Waals surface area contributed by atoms with Crippen molar-refractivity contribution in [2.45, 2.75) is 26.9 Å². The van der Waals surface area contributed by atoms with Gasteiger partial charge in [-0.1, -0.05) is 0 Å². The molecule has 1 unspecified atom stereocenters. The number of hydrogen-bond donors (Lipinski definition) is 2. The molecule has 0 aromatic carbocycles. The molecule has 2 N–H and O–H groups in total. The van der Waals surface area contributed by atoms with Crippen molar-refractivity contribution in [1.29, 1.82) is 0 Å². The van der Waals surface area contributed by atoms with Crippen molar-refractivity contribution < 1.29 is 14.6 Å². The standard InChI is InChI=1S/C9H19NO3/c1-7(5-10-4)13-6-9(2,3)8(11)12/h7,10H,5-6H2,1-4H3,(H,11,12). The summed E-state index contributed by atoms with van der Waals surface area (Å²) in [7, 11) is 1.84. The molecule has 0 aliphatic heterocycles. The lowest BCUT2D eigenvalue weighted by Gasteiger charge is -2.21. The summed E-state index contributed by atoms with van der Waals surface area (Å²) in [6, 6.07) is 0. The van der Waals surface area contributed by atoms with E-state index in [9.17, 15) is 4.79 Å². The van der Waals surface area contributed by atoms with Gasteiger partial charge in [0.05, 0.1) is 18.1 Å². The van der Waals surface area contributed by atoms with Gasteiger partial charge in [-0.2, -0.15) is 0 Å². The Morgan fingerprint density at radius 1 is 1.62 bits per heavy atom. The van der Waals surface area contributed by atoms with Crippen LogP contribution in [-0.4, -0.2) is 37.4 Å². The van der Waals surface area contributed by atoms with E-state index in [0.29, 0.717) is 0 Å². The zero-order valence-corrected chi connectivity index (χ0v) is 8.76. The second-order valence-electron chi connectivity index (χ2n) is 3.87. The number of rotatable bonds is 6. The maximum atomic E-state index is 10.7. The number of nitrogens with one attached hydrogen (secondary N) is 1. The molecule has 0 aliphatic rings. The molecule has 0 radical (unpaired) electrons. The average Bonchev–Trinajstić information content (AvgIpc) is 2.01. The second-order valence-corrected chi connectivity index (χ2v) is 3.87. The number of carbonyl (C=O) groups is 1. The molecule has 0 heterocycles. The second kappa shape index (κ2) is 5.19. The van der Waals surface area contributed by atoms with Crippen molar-refractivity contribution in [3.05, 3.63) is 0 Å². The van der Waals surface area contributed by atoms with Crippen LogP contribution in [-0.2, 0) is 9.53 Å². The Morgan fingerprint density at radius 2 is 2.15 bits per heavy atom. The SMILES string of the molecule is CNCC(C)OCC(C)(C)C(=O)O. The van der Waals surface area contributed by atoms with Gasteiger partial charge in [-0.05, 0) is 27.8 Å². The van der Waals surface area contributed by atoms with Gasteiger partial charge in [0, 0.05) is 6.54 Å². The van der Waals surface area contributed by atoms with Crippen LogP contribution in [0.3, 0.4) is 0 Å². The van der Waals surface area contributed by atoms with Crippen LogP contribution in [0.15, 0.2) is 0 Å². The Kier molecular flexibility index (Phi) is 4.95. The normalized spacial score (nSPS) is 14.2. The van der Waals surface area contributed by atoms with Crippen molar-refractivity contribution in [2.24, 2.45) is 5.41 Å². The summed E-state index contributed by atoms with van der Waals surface area (Å²) in [5, 5.41) is 11.7. The first-order valence-electron chi connectivity index (χ1n) is 4.39. The van der Waals surface area contributed by atoms with Crippen molar-refractivity contribution >= 4 is 5.97 Å². The van der Waals surface area contributed by atoms with Crippen LogP contribution in [0, 0.1) is 5.41 Å². The Labute approximate surface area is 79.3 Å². The Morgan fingerprint density at radius 3 is 2.54 bits per heavy atom. The fraction of sp³-hybridized carbons (Fsp3) is 0.889. The Balaban J connectivity index is 3.80. The van der Waals surface area contributed by atoms with E-state index in [1.54, 1.807) is 13.8 Å². The highest BCUT2D eigenvalue weighted by molar-refractivity contribution is 5.73. The molecule has 4 heteroatoms. The van der Waals surface area contributed by atoms with Gasteiger partial charge in [-0.3, -0.25) is 4.79 Å². The van der Waals surface area contributed by atoms with E-state index in [1.807, 2.05) is 14.0 Å². The zero-order valence-electron chi connectivity index (χ0n) is 8.76. The molecule has 4 nitrogen and oxygen atoms in total. The average molecular weight is 189 g/mol. The summed E-state index contributed by atoms with van der Waals surface area (Å²) in [6.07, 6.45) is 0.0450. The van der Waals surface area contributed by atoms with Crippen LogP contribution in [0.4, 0.5) is 0 Å². The number of aliphatic carboxylic acids is 1. The van der Waals surface area contributed by atoms with E-state index in [1.165, 1.54) is 0 Å². The van der Waals surface area contributed by atoms with Crippen LogP contribution in [0.25, 0.3) is 0 Å². The molecule has 1 atom stereocenters. The van der Waals surface area contributed by atoms with Crippen LogP contribution in [0.1, 0.15) is 20.8 Å². The molecule has 78 valence electrons. The summed E-state index contributed by atoms with van der Waals surface area (Å²) in [5.41, 5.74) is -0.804. The monoisotopic (exact) mass is 189 g/mol. The number of hydrogen-bond acceptors (Lipinski definition) is 3. The lowest BCUT2D eigenvalue weighted by atomic mass is 9.95. The van der Waals surface area contributed by atoms with Crippen LogP contribution < -0.4 is 5.32 Å². The molecule has 0 saturated carbocycles. The number of likely N-dealkylation sites (N-methyl/N-ethyl adjacent to an activating group) is 1. The van der Waals surface area contributed by atoms with E-state index >= 15 is 0 Å². The van der Waals surface area contributed by atoms with Gasteiger partial charge in [-0.15, -0.1) is 0 Å². The summed E-state index contributed by atoms with van der Waals surface area (Å²) in [5.74, 6) is -0.829. The number of carboxylic acids is 1. The first-order chi connectivity index (χ1) is 5.90. The molecule has 0 spiro atoms. The molecule has 0 aromatic rings. The van der Waals surface area contributed by atoms with Crippen LogP contribution in [0.5, 0.6) is 0 Å². The fourth-order valence-electron chi connectivity index (χ4n) is 0.759. The van der Waals surface area contributed by atoms with E-state index in [4.69, 9.17) is 9.84 Å². The molecule has 0 rings (SSSR count). The molecule has 0 fully saturated rings. The first-order valence-corrected chi connectivity index (χ1v) is 4.39. The lowest BCUT2D eigenvalue weighted by molar-refractivity contribution is -0.151. The summed E-state index contributed by atoms with van der Waals surface area (Å²) in [4.78, 5) is 10.7. The molecule has 0 bridgehead atoms. The summed E-state index contributed by atoms with van der Waals surface area (Å²) >= 11 is 0. The third-order valence-corrected chi connectivity index (χ3v) is 1.80. The molecule has 0 amide bonds. The zero-order chi connectivity index (χ0) is 10.5. The predicted octanol–water partition coefficient (Wildman–Crippen LogP) is 0.722. The van der Waals surface area contributed by atoms with Crippen molar-refractivity contribution in [2.75, 3.05) is 20.2 Å². The largest absolute Gasteiger partial charge is 0.481 e. The molecule has 0 aromatic heterocycles. The van der Waals surface area contributed by atoms with Gasteiger partial charge in [0.1, 0.15) is 0 Å².